The van der Waals surface area contributed by atoms with E-state index >= 15 is 0 Å². The van der Waals surface area contributed by atoms with Crippen molar-refractivity contribution in [2.24, 2.45) is 0 Å². The number of hydrogen-bond donors (Lipinski definition) is 2. The van der Waals surface area contributed by atoms with Crippen LogP contribution in [0.5, 0.6) is 5.75 Å². The Bertz CT molecular complexity index is 1250. The number of hydrogen-bond acceptors (Lipinski definition) is 5. The molecule has 0 aliphatic heterocycles. The molecule has 36 heavy (non-hydrogen) atoms. The number of nitrogens with one attached hydrogen (secondary N) is 1. The average molecular weight is 554 g/mol. The van der Waals surface area contributed by atoms with Crippen LogP contribution in [0.15, 0.2) is 47.4 Å². The number of aliphatic hydroxyl groups is 1. The van der Waals surface area contributed by atoms with E-state index < -0.39 is 10.0 Å². The summed E-state index contributed by atoms with van der Waals surface area (Å²) in [5.41, 5.74) is 3.58. The predicted molar refractivity (Wildman–Crippen MR) is 146 cm³/mol. The molecular weight excluding hydrogens is 519 g/mol. The van der Waals surface area contributed by atoms with Crippen LogP contribution in [0.3, 0.4) is 0 Å². The monoisotopic (exact) mass is 552 g/mol. The lowest BCUT2D eigenvalue weighted by Crippen LogP contribution is -2.26. The van der Waals surface area contributed by atoms with Gasteiger partial charge in [0.1, 0.15) is 17.9 Å². The molecule has 2 N–H and O–H groups in total. The minimum Gasteiger partial charge on any atom is -0.487 e. The number of aromatic nitrogens is 1. The summed E-state index contributed by atoms with van der Waals surface area (Å²) in [7, 11) is -3.75. The molecule has 0 radical (unpaired) electrons. The number of pyridine rings is 1. The molecule has 196 valence electrons. The number of halogens is 2. The fourth-order valence-electron chi connectivity index (χ4n) is 4.14. The molecule has 0 atom stereocenters. The molecular formula is C27H34Cl2N2O4S. The van der Waals surface area contributed by atoms with Gasteiger partial charge in [0, 0.05) is 36.0 Å². The van der Waals surface area contributed by atoms with Crippen LogP contribution in [0.25, 0.3) is 10.9 Å². The Morgan fingerprint density at radius 1 is 0.917 bits per heavy atom. The SMILES string of the molecule is Cc1ccc2cccc(OCc3c(CCl)ccc(S(=O)(=O)NCCCCCCCCO)c3CCl)c2n1. The second-order valence-electron chi connectivity index (χ2n) is 8.76. The molecule has 0 fully saturated rings. The summed E-state index contributed by atoms with van der Waals surface area (Å²) < 4.78 is 35.2. The molecule has 3 aromatic rings. The number of ether oxygens (including phenoxy) is 1. The highest BCUT2D eigenvalue weighted by Crippen LogP contribution is 2.30. The maximum absolute atomic E-state index is 13.1. The lowest BCUT2D eigenvalue weighted by molar-refractivity contribution is 0.282. The van der Waals surface area contributed by atoms with Crippen molar-refractivity contribution in [3.05, 3.63) is 64.8 Å². The quantitative estimate of drug-likeness (QED) is 0.173. The summed E-state index contributed by atoms with van der Waals surface area (Å²) in [6, 6.07) is 13.0. The van der Waals surface area contributed by atoms with Crippen molar-refractivity contribution < 1.29 is 18.3 Å². The first-order valence-electron chi connectivity index (χ1n) is 12.3. The van der Waals surface area contributed by atoms with Gasteiger partial charge in [-0.2, -0.15) is 0 Å². The van der Waals surface area contributed by atoms with Gasteiger partial charge in [0.2, 0.25) is 10.0 Å². The zero-order valence-corrected chi connectivity index (χ0v) is 22.9. The van der Waals surface area contributed by atoms with Gasteiger partial charge in [-0.25, -0.2) is 18.1 Å². The maximum atomic E-state index is 13.1. The number of aliphatic hydroxyl groups excluding tert-OH is 1. The first-order valence-corrected chi connectivity index (χ1v) is 14.8. The van der Waals surface area contributed by atoms with E-state index in [1.807, 2.05) is 37.3 Å². The third kappa shape index (κ3) is 7.56. The Morgan fingerprint density at radius 2 is 1.67 bits per heavy atom. The van der Waals surface area contributed by atoms with Crippen molar-refractivity contribution in [2.45, 2.75) is 68.7 Å². The van der Waals surface area contributed by atoms with Gasteiger partial charge in [0.15, 0.2) is 0 Å². The minimum absolute atomic E-state index is 0.0113. The summed E-state index contributed by atoms with van der Waals surface area (Å²) in [6.45, 7) is 2.62. The highest BCUT2D eigenvalue weighted by atomic mass is 35.5. The van der Waals surface area contributed by atoms with Crippen molar-refractivity contribution in [2.75, 3.05) is 13.2 Å². The van der Waals surface area contributed by atoms with Crippen molar-refractivity contribution in [3.8, 4) is 5.75 Å². The van der Waals surface area contributed by atoms with Crippen molar-refractivity contribution in [1.82, 2.24) is 9.71 Å². The van der Waals surface area contributed by atoms with E-state index in [0.29, 0.717) is 23.4 Å². The van der Waals surface area contributed by atoms with E-state index in [4.69, 9.17) is 33.0 Å². The third-order valence-electron chi connectivity index (χ3n) is 6.12. The average Bonchev–Trinajstić information content (AvgIpc) is 2.88. The van der Waals surface area contributed by atoms with Crippen molar-refractivity contribution in [3.63, 3.8) is 0 Å². The van der Waals surface area contributed by atoms with Gasteiger partial charge in [-0.05, 0) is 54.7 Å². The number of alkyl halides is 2. The highest BCUT2D eigenvalue weighted by Gasteiger charge is 2.22. The van der Waals surface area contributed by atoms with Crippen LogP contribution < -0.4 is 9.46 Å². The van der Waals surface area contributed by atoms with Crippen LogP contribution in [-0.2, 0) is 28.4 Å². The number of para-hydroxylation sites is 1. The Morgan fingerprint density at radius 3 is 2.39 bits per heavy atom. The zero-order chi connectivity index (χ0) is 26.0. The van der Waals surface area contributed by atoms with E-state index in [-0.39, 0.29) is 29.9 Å². The molecule has 0 saturated heterocycles. The number of rotatable bonds is 15. The van der Waals surface area contributed by atoms with E-state index in [1.165, 1.54) is 0 Å². The molecule has 0 amide bonds. The van der Waals surface area contributed by atoms with Crippen LogP contribution in [0.2, 0.25) is 0 Å². The van der Waals surface area contributed by atoms with Crippen LogP contribution in [-0.4, -0.2) is 31.7 Å². The molecule has 1 heterocycles. The number of fused-ring (bicyclic) bond motifs is 1. The molecule has 9 heteroatoms. The standard InChI is InChI=1S/C27H34Cl2N2O4S/c1-20-11-12-21-9-8-10-25(27(21)31-20)35-19-24-22(17-28)13-14-26(23(24)18-29)36(33,34)30-15-6-4-2-3-5-7-16-32/h8-14,30,32H,2-7,15-19H2,1H3. The van der Waals surface area contributed by atoms with Crippen LogP contribution in [0, 0.1) is 6.92 Å². The van der Waals surface area contributed by atoms with Gasteiger partial charge in [-0.15, -0.1) is 23.2 Å². The second kappa shape index (κ2) is 14.1. The summed E-state index contributed by atoms with van der Waals surface area (Å²) in [4.78, 5) is 4.76. The molecule has 0 unspecified atom stereocenters. The largest absolute Gasteiger partial charge is 0.487 e. The van der Waals surface area contributed by atoms with E-state index in [2.05, 4.69) is 9.71 Å². The molecule has 6 nitrogen and oxygen atoms in total. The smallest absolute Gasteiger partial charge is 0.240 e. The Labute approximate surface area is 224 Å². The van der Waals surface area contributed by atoms with Crippen LogP contribution in [0.1, 0.15) is 60.9 Å². The Balaban J connectivity index is 1.76. The minimum atomic E-state index is -3.75. The molecule has 0 aliphatic carbocycles. The predicted octanol–water partition coefficient (Wildman–Crippen LogP) is 6.21. The van der Waals surface area contributed by atoms with Crippen LogP contribution >= 0.6 is 23.2 Å². The highest BCUT2D eigenvalue weighted by molar-refractivity contribution is 7.89. The van der Waals surface area contributed by atoms with Gasteiger partial charge in [-0.3, -0.25) is 0 Å². The molecule has 1 aromatic heterocycles. The second-order valence-corrected chi connectivity index (χ2v) is 11.0. The lowest BCUT2D eigenvalue weighted by atomic mass is 10.0. The molecule has 0 saturated carbocycles. The number of unbranched alkanes of at least 4 members (excludes halogenated alkanes) is 5. The number of aryl methyl sites for hydroxylation is 1. The summed E-state index contributed by atoms with van der Waals surface area (Å²) in [5, 5.41) is 9.80. The van der Waals surface area contributed by atoms with Gasteiger partial charge < -0.3 is 9.84 Å². The van der Waals surface area contributed by atoms with Crippen molar-refractivity contribution in [1.29, 1.82) is 0 Å². The van der Waals surface area contributed by atoms with E-state index in [0.717, 1.165) is 60.7 Å². The molecule has 2 aromatic carbocycles. The Kier molecular flexibility index (Phi) is 11.3. The summed E-state index contributed by atoms with van der Waals surface area (Å²) >= 11 is 12.5. The molecule has 3 rings (SSSR count). The van der Waals surface area contributed by atoms with Gasteiger partial charge >= 0.3 is 0 Å². The summed E-state index contributed by atoms with van der Waals surface area (Å²) in [6.07, 6.45) is 5.54. The normalized spacial score (nSPS) is 11.8. The molecule has 0 bridgehead atoms. The first kappa shape index (κ1) is 28.7. The Hall–Kier alpha value is -1.90. The van der Waals surface area contributed by atoms with E-state index in [9.17, 15) is 8.42 Å². The molecule has 0 spiro atoms. The summed E-state index contributed by atoms with van der Waals surface area (Å²) in [5.74, 6) is 0.833. The zero-order valence-electron chi connectivity index (χ0n) is 20.6. The fourth-order valence-corrected chi connectivity index (χ4v) is 6.11. The number of benzene rings is 2. The van der Waals surface area contributed by atoms with Crippen molar-refractivity contribution >= 4 is 44.1 Å². The van der Waals surface area contributed by atoms with E-state index in [1.54, 1.807) is 12.1 Å². The first-order chi connectivity index (χ1) is 17.4. The topological polar surface area (TPSA) is 88.5 Å². The van der Waals surface area contributed by atoms with Gasteiger partial charge in [0.05, 0.1) is 4.90 Å². The number of sulfonamides is 1. The van der Waals surface area contributed by atoms with Gasteiger partial charge in [-0.1, -0.05) is 49.9 Å². The van der Waals surface area contributed by atoms with Gasteiger partial charge in [0.25, 0.3) is 0 Å². The maximum Gasteiger partial charge on any atom is 0.240 e. The fraction of sp³-hybridized carbons (Fsp3) is 0.444. The third-order valence-corrected chi connectivity index (χ3v) is 8.22. The molecule has 0 aliphatic rings. The lowest BCUT2D eigenvalue weighted by Gasteiger charge is -2.18. The number of nitrogens with zero attached hydrogens (tertiary/aromatic N) is 1. The van der Waals surface area contributed by atoms with Crippen LogP contribution in [0.4, 0.5) is 0 Å².